The first-order chi connectivity index (χ1) is 13.8. The largest absolute Gasteiger partial charge is 0.444 e. The Labute approximate surface area is 178 Å². The fourth-order valence-corrected chi connectivity index (χ4v) is 4.69. The summed E-state index contributed by atoms with van der Waals surface area (Å²) in [6.07, 6.45) is 2.64. The number of anilines is 1. The number of hydrogen-bond acceptors (Lipinski definition) is 3. The average molecular weight is 413 g/mol. The van der Waals surface area contributed by atoms with Crippen LogP contribution < -0.4 is 4.90 Å². The fraction of sp³-hybridized carbons (Fsp3) is 0.458. The van der Waals surface area contributed by atoms with E-state index in [9.17, 15) is 4.79 Å². The van der Waals surface area contributed by atoms with E-state index >= 15 is 0 Å². The molecule has 1 amide bonds. The van der Waals surface area contributed by atoms with Gasteiger partial charge in [0.05, 0.1) is 6.04 Å². The highest BCUT2D eigenvalue weighted by molar-refractivity contribution is 6.30. The molecule has 1 atom stereocenters. The van der Waals surface area contributed by atoms with Gasteiger partial charge in [-0.15, -0.1) is 0 Å². The molecule has 0 bridgehead atoms. The Hall–Kier alpha value is -2.20. The molecule has 29 heavy (non-hydrogen) atoms. The van der Waals surface area contributed by atoms with Gasteiger partial charge in [0.2, 0.25) is 0 Å². The van der Waals surface area contributed by atoms with E-state index in [1.54, 1.807) is 0 Å². The molecule has 0 spiro atoms. The number of carbonyl (C=O) groups excluding carboxylic acids is 1. The number of benzene rings is 2. The van der Waals surface area contributed by atoms with E-state index in [1.807, 2.05) is 31.7 Å². The van der Waals surface area contributed by atoms with Crippen LogP contribution in [-0.4, -0.2) is 29.7 Å². The molecule has 1 fully saturated rings. The molecule has 5 heteroatoms. The first kappa shape index (κ1) is 20.1. The van der Waals surface area contributed by atoms with Crippen LogP contribution in [-0.2, 0) is 17.7 Å². The first-order valence-corrected chi connectivity index (χ1v) is 10.8. The Morgan fingerprint density at radius 3 is 2.62 bits per heavy atom. The zero-order valence-electron chi connectivity index (χ0n) is 17.5. The Kier molecular flexibility index (Phi) is 5.48. The summed E-state index contributed by atoms with van der Waals surface area (Å²) in [5.41, 5.74) is 4.52. The molecule has 0 saturated carbocycles. The summed E-state index contributed by atoms with van der Waals surface area (Å²) in [6.45, 7) is 8.27. The van der Waals surface area contributed by atoms with Crippen LogP contribution in [0.4, 0.5) is 10.5 Å². The van der Waals surface area contributed by atoms with E-state index in [1.165, 1.54) is 22.4 Å². The third-order valence-electron chi connectivity index (χ3n) is 5.70. The second-order valence-corrected chi connectivity index (χ2v) is 9.41. The summed E-state index contributed by atoms with van der Waals surface area (Å²) in [5.74, 6) is 0. The Morgan fingerprint density at radius 1 is 1.14 bits per heavy atom. The third kappa shape index (κ3) is 4.37. The lowest BCUT2D eigenvalue weighted by Crippen LogP contribution is -2.37. The highest BCUT2D eigenvalue weighted by Crippen LogP contribution is 2.39. The van der Waals surface area contributed by atoms with Crippen molar-refractivity contribution in [3.63, 3.8) is 0 Å². The SMILES string of the molecule is CC(C)(C)OC(=O)N1CCCC1c1cc(Cl)cc2c1CN(c1ccccc1)CC2. The molecule has 0 aromatic heterocycles. The van der Waals surface area contributed by atoms with Gasteiger partial charge in [-0.25, -0.2) is 4.79 Å². The normalized spacial score (nSPS) is 19.2. The van der Waals surface area contributed by atoms with Crippen molar-refractivity contribution in [2.75, 3.05) is 18.0 Å². The van der Waals surface area contributed by atoms with Gasteiger partial charge < -0.3 is 14.5 Å². The molecular weight excluding hydrogens is 384 g/mol. The van der Waals surface area contributed by atoms with Crippen LogP contribution in [0.1, 0.15) is 56.3 Å². The molecule has 0 aliphatic carbocycles. The van der Waals surface area contributed by atoms with E-state index < -0.39 is 5.60 Å². The molecule has 2 aromatic rings. The fourth-order valence-electron chi connectivity index (χ4n) is 4.44. The molecule has 2 aliphatic heterocycles. The van der Waals surface area contributed by atoms with E-state index in [2.05, 4.69) is 41.3 Å². The molecule has 2 heterocycles. The minimum atomic E-state index is -0.498. The molecule has 1 saturated heterocycles. The van der Waals surface area contributed by atoms with Crippen molar-refractivity contribution in [1.82, 2.24) is 4.90 Å². The van der Waals surface area contributed by atoms with Crippen molar-refractivity contribution in [1.29, 1.82) is 0 Å². The zero-order valence-corrected chi connectivity index (χ0v) is 18.2. The summed E-state index contributed by atoms with van der Waals surface area (Å²) >= 11 is 6.50. The number of halogens is 1. The Morgan fingerprint density at radius 2 is 1.90 bits per heavy atom. The number of carbonyl (C=O) groups is 1. The van der Waals surface area contributed by atoms with E-state index in [0.29, 0.717) is 0 Å². The standard InChI is InChI=1S/C24H29ClN2O2/c1-24(2,3)29-23(28)27-12-7-10-22(27)20-15-18(25)14-17-11-13-26(16-21(17)20)19-8-5-4-6-9-19/h4-6,8-9,14-15,22H,7,10-13,16H2,1-3H3. The summed E-state index contributed by atoms with van der Waals surface area (Å²) in [5, 5.41) is 0.753. The van der Waals surface area contributed by atoms with Crippen LogP contribution in [0.2, 0.25) is 5.02 Å². The van der Waals surface area contributed by atoms with Crippen LogP contribution in [0.25, 0.3) is 0 Å². The van der Waals surface area contributed by atoms with Crippen molar-refractivity contribution in [2.45, 2.75) is 58.2 Å². The topological polar surface area (TPSA) is 32.8 Å². The van der Waals surface area contributed by atoms with E-state index in [0.717, 1.165) is 43.9 Å². The quantitative estimate of drug-likeness (QED) is 0.608. The third-order valence-corrected chi connectivity index (χ3v) is 5.92. The van der Waals surface area contributed by atoms with E-state index in [4.69, 9.17) is 16.3 Å². The molecule has 2 aromatic carbocycles. The number of likely N-dealkylation sites (tertiary alicyclic amines) is 1. The van der Waals surface area contributed by atoms with Gasteiger partial charge in [0.15, 0.2) is 0 Å². The number of hydrogen-bond donors (Lipinski definition) is 0. The van der Waals surface area contributed by atoms with Crippen molar-refractivity contribution < 1.29 is 9.53 Å². The molecule has 0 radical (unpaired) electrons. The van der Waals surface area contributed by atoms with Crippen LogP contribution in [0.15, 0.2) is 42.5 Å². The molecule has 0 N–H and O–H groups in total. The van der Waals surface area contributed by atoms with Gasteiger partial charge in [0.25, 0.3) is 0 Å². The minimum absolute atomic E-state index is 0.0213. The second kappa shape index (κ2) is 7.91. The highest BCUT2D eigenvalue weighted by Gasteiger charge is 2.35. The smallest absolute Gasteiger partial charge is 0.410 e. The molecule has 1 unspecified atom stereocenters. The lowest BCUT2D eigenvalue weighted by molar-refractivity contribution is 0.0224. The van der Waals surface area contributed by atoms with Gasteiger partial charge >= 0.3 is 6.09 Å². The van der Waals surface area contributed by atoms with Gasteiger partial charge in [0.1, 0.15) is 5.60 Å². The molecule has 2 aliphatic rings. The maximum Gasteiger partial charge on any atom is 0.410 e. The number of amides is 1. The summed E-state index contributed by atoms with van der Waals surface area (Å²) < 4.78 is 5.68. The van der Waals surface area contributed by atoms with Crippen molar-refractivity contribution in [3.05, 3.63) is 64.2 Å². The number of fused-ring (bicyclic) bond motifs is 1. The second-order valence-electron chi connectivity index (χ2n) is 8.97. The number of ether oxygens (including phenoxy) is 1. The predicted octanol–water partition coefficient (Wildman–Crippen LogP) is 5.97. The van der Waals surface area contributed by atoms with Crippen LogP contribution in [0.5, 0.6) is 0 Å². The summed E-state index contributed by atoms with van der Waals surface area (Å²) in [7, 11) is 0. The maximum atomic E-state index is 12.8. The lowest BCUT2D eigenvalue weighted by atomic mass is 9.90. The monoisotopic (exact) mass is 412 g/mol. The Balaban J connectivity index is 1.66. The van der Waals surface area contributed by atoms with Gasteiger partial charge in [-0.2, -0.15) is 0 Å². The first-order valence-electron chi connectivity index (χ1n) is 10.4. The van der Waals surface area contributed by atoms with Crippen molar-refractivity contribution in [2.24, 2.45) is 0 Å². The number of para-hydroxylation sites is 1. The van der Waals surface area contributed by atoms with Crippen LogP contribution in [0.3, 0.4) is 0 Å². The van der Waals surface area contributed by atoms with Crippen molar-refractivity contribution in [3.8, 4) is 0 Å². The van der Waals surface area contributed by atoms with Crippen LogP contribution >= 0.6 is 11.6 Å². The van der Waals surface area contributed by atoms with Gasteiger partial charge in [-0.3, -0.25) is 0 Å². The van der Waals surface area contributed by atoms with Gasteiger partial charge in [-0.1, -0.05) is 29.8 Å². The molecule has 4 nitrogen and oxygen atoms in total. The Bertz CT molecular complexity index is 892. The number of rotatable bonds is 2. The maximum absolute atomic E-state index is 12.8. The molecular formula is C24H29ClN2O2. The van der Waals surface area contributed by atoms with Gasteiger partial charge in [-0.05, 0) is 81.0 Å². The minimum Gasteiger partial charge on any atom is -0.444 e. The lowest BCUT2D eigenvalue weighted by Gasteiger charge is -2.35. The molecule has 4 rings (SSSR count). The zero-order chi connectivity index (χ0) is 20.6. The van der Waals surface area contributed by atoms with Gasteiger partial charge in [0, 0.05) is 30.3 Å². The summed E-state index contributed by atoms with van der Waals surface area (Å²) in [4.78, 5) is 17.1. The average Bonchev–Trinajstić information content (AvgIpc) is 3.16. The van der Waals surface area contributed by atoms with E-state index in [-0.39, 0.29) is 12.1 Å². The summed E-state index contributed by atoms with van der Waals surface area (Å²) in [6, 6.07) is 14.7. The predicted molar refractivity (Wildman–Crippen MR) is 118 cm³/mol. The number of nitrogens with zero attached hydrogens (tertiary/aromatic N) is 2. The van der Waals surface area contributed by atoms with Crippen molar-refractivity contribution >= 4 is 23.4 Å². The molecule has 154 valence electrons. The van der Waals surface area contributed by atoms with Crippen LogP contribution in [0, 0.1) is 0 Å². The highest BCUT2D eigenvalue weighted by atomic mass is 35.5.